The van der Waals surface area contributed by atoms with Crippen LogP contribution in [0.25, 0.3) is 0 Å². The van der Waals surface area contributed by atoms with Crippen LogP contribution in [0.1, 0.15) is 6.92 Å². The van der Waals surface area contributed by atoms with E-state index in [9.17, 15) is 9.59 Å². The molecule has 2 N–H and O–H groups in total. The molecule has 110 valence electrons. The number of halogens is 1. The summed E-state index contributed by atoms with van der Waals surface area (Å²) in [5.74, 6) is 1.44. The fourth-order valence-electron chi connectivity index (χ4n) is 2.00. The largest absolute Gasteiger partial charge is 0.378 e. The first kappa shape index (κ1) is 16.6. The normalized spacial score (nSPS) is 24.5. The van der Waals surface area contributed by atoms with E-state index in [-0.39, 0.29) is 30.3 Å². The standard InChI is InChI=1S/C11H19N3O3S.ClH/c1-8(11(16)14-2-4-17-5-3-14)13-10(15)9-6-18-7-12-9;/h8-9,12H,2-7H2,1H3,(H,13,15);1H. The van der Waals surface area contributed by atoms with Gasteiger partial charge < -0.3 is 15.0 Å². The van der Waals surface area contributed by atoms with Gasteiger partial charge in [-0.1, -0.05) is 0 Å². The van der Waals surface area contributed by atoms with E-state index in [0.717, 1.165) is 11.6 Å². The van der Waals surface area contributed by atoms with Crippen LogP contribution in [0.5, 0.6) is 0 Å². The molecule has 0 aromatic heterocycles. The molecule has 2 aliphatic rings. The highest BCUT2D eigenvalue weighted by Gasteiger charge is 2.28. The minimum absolute atomic E-state index is 0. The predicted molar refractivity (Wildman–Crippen MR) is 76.5 cm³/mol. The lowest BCUT2D eigenvalue weighted by atomic mass is 10.2. The van der Waals surface area contributed by atoms with E-state index in [1.807, 2.05) is 0 Å². The van der Waals surface area contributed by atoms with E-state index in [2.05, 4.69) is 10.6 Å². The van der Waals surface area contributed by atoms with Crippen LogP contribution in [0.2, 0.25) is 0 Å². The fourth-order valence-corrected chi connectivity index (χ4v) is 2.94. The van der Waals surface area contributed by atoms with Crippen LogP contribution in [0.4, 0.5) is 0 Å². The van der Waals surface area contributed by atoms with Gasteiger partial charge in [-0.2, -0.15) is 0 Å². The molecule has 2 aliphatic heterocycles. The summed E-state index contributed by atoms with van der Waals surface area (Å²) in [6.45, 7) is 4.10. The van der Waals surface area contributed by atoms with Crippen LogP contribution in [0.15, 0.2) is 0 Å². The third-order valence-electron chi connectivity index (χ3n) is 3.08. The highest BCUT2D eigenvalue weighted by molar-refractivity contribution is 7.99. The summed E-state index contributed by atoms with van der Waals surface area (Å²) in [4.78, 5) is 25.7. The minimum atomic E-state index is -0.469. The van der Waals surface area contributed by atoms with Crippen LogP contribution >= 0.6 is 24.2 Å². The summed E-state index contributed by atoms with van der Waals surface area (Å²) in [5.41, 5.74) is 0. The number of nitrogens with one attached hydrogen (secondary N) is 2. The molecule has 0 radical (unpaired) electrons. The van der Waals surface area contributed by atoms with Crippen molar-refractivity contribution in [2.75, 3.05) is 37.9 Å². The first-order valence-electron chi connectivity index (χ1n) is 6.16. The van der Waals surface area contributed by atoms with Crippen molar-refractivity contribution in [2.45, 2.75) is 19.0 Å². The van der Waals surface area contributed by atoms with Gasteiger partial charge in [-0.15, -0.1) is 24.2 Å². The van der Waals surface area contributed by atoms with Gasteiger partial charge in [0.1, 0.15) is 6.04 Å². The molecule has 0 aromatic carbocycles. The number of carbonyl (C=O) groups excluding carboxylic acids is 2. The molecule has 19 heavy (non-hydrogen) atoms. The number of rotatable bonds is 3. The van der Waals surface area contributed by atoms with Gasteiger partial charge in [-0.3, -0.25) is 14.9 Å². The average Bonchev–Trinajstić information content (AvgIpc) is 2.92. The summed E-state index contributed by atoms with van der Waals surface area (Å²) in [6.07, 6.45) is 0. The number of amides is 2. The molecule has 2 atom stereocenters. The first-order chi connectivity index (χ1) is 8.68. The molecule has 0 bridgehead atoms. The lowest BCUT2D eigenvalue weighted by Crippen LogP contribution is -2.53. The van der Waals surface area contributed by atoms with Crippen molar-refractivity contribution in [1.82, 2.24) is 15.5 Å². The summed E-state index contributed by atoms with van der Waals surface area (Å²) in [6, 6.07) is -0.641. The number of hydrogen-bond donors (Lipinski definition) is 2. The molecular formula is C11H20ClN3O3S. The van der Waals surface area contributed by atoms with Crippen LogP contribution in [-0.2, 0) is 14.3 Å². The van der Waals surface area contributed by atoms with Crippen LogP contribution in [0, 0.1) is 0 Å². The van der Waals surface area contributed by atoms with Crippen LogP contribution in [0.3, 0.4) is 0 Å². The molecule has 0 saturated carbocycles. The van der Waals surface area contributed by atoms with Crippen molar-refractivity contribution in [3.8, 4) is 0 Å². The van der Waals surface area contributed by atoms with Gasteiger partial charge >= 0.3 is 0 Å². The van der Waals surface area contributed by atoms with E-state index in [0.29, 0.717) is 26.3 Å². The topological polar surface area (TPSA) is 70.7 Å². The number of hydrogen-bond acceptors (Lipinski definition) is 5. The predicted octanol–water partition coefficient (Wildman–Crippen LogP) is -0.566. The maximum Gasteiger partial charge on any atom is 0.245 e. The lowest BCUT2D eigenvalue weighted by molar-refractivity contribution is -0.139. The molecular weight excluding hydrogens is 290 g/mol. The van der Waals surface area contributed by atoms with Crippen LogP contribution in [-0.4, -0.2) is 66.7 Å². The van der Waals surface area contributed by atoms with Crippen LogP contribution < -0.4 is 10.6 Å². The summed E-state index contributed by atoms with van der Waals surface area (Å²) in [7, 11) is 0. The number of morpholine rings is 1. The number of nitrogens with zero attached hydrogens (tertiary/aromatic N) is 1. The number of ether oxygens (including phenoxy) is 1. The quantitative estimate of drug-likeness (QED) is 0.731. The zero-order valence-corrected chi connectivity index (χ0v) is 12.5. The smallest absolute Gasteiger partial charge is 0.245 e. The van der Waals surface area contributed by atoms with Gasteiger partial charge in [0.15, 0.2) is 0 Å². The van der Waals surface area contributed by atoms with E-state index in [1.165, 1.54) is 0 Å². The summed E-state index contributed by atoms with van der Waals surface area (Å²) >= 11 is 1.69. The molecule has 0 spiro atoms. The second-order valence-electron chi connectivity index (χ2n) is 4.44. The SMILES string of the molecule is CC(NC(=O)C1CSCN1)C(=O)N1CCOCC1.Cl. The number of carbonyl (C=O) groups is 2. The highest BCUT2D eigenvalue weighted by atomic mass is 35.5. The maximum atomic E-state index is 12.1. The van der Waals surface area contributed by atoms with E-state index in [4.69, 9.17) is 4.74 Å². The first-order valence-corrected chi connectivity index (χ1v) is 7.32. The van der Waals surface area contributed by atoms with Crippen molar-refractivity contribution in [3.63, 3.8) is 0 Å². The average molecular weight is 310 g/mol. The Hall–Kier alpha value is -0.500. The van der Waals surface area contributed by atoms with E-state index >= 15 is 0 Å². The van der Waals surface area contributed by atoms with Gasteiger partial charge in [0.25, 0.3) is 0 Å². The molecule has 2 fully saturated rings. The zero-order chi connectivity index (χ0) is 13.0. The van der Waals surface area contributed by atoms with Crippen molar-refractivity contribution >= 4 is 36.0 Å². The molecule has 0 aromatic rings. The zero-order valence-electron chi connectivity index (χ0n) is 10.9. The Kier molecular flexibility index (Phi) is 6.92. The minimum Gasteiger partial charge on any atom is -0.378 e. The monoisotopic (exact) mass is 309 g/mol. The molecule has 2 saturated heterocycles. The Morgan fingerprint density at radius 1 is 1.42 bits per heavy atom. The van der Waals surface area contributed by atoms with Crippen molar-refractivity contribution in [1.29, 1.82) is 0 Å². The van der Waals surface area contributed by atoms with E-state index in [1.54, 1.807) is 23.6 Å². The van der Waals surface area contributed by atoms with Gasteiger partial charge in [-0.05, 0) is 6.92 Å². The molecule has 0 aliphatic carbocycles. The molecule has 2 amide bonds. The summed E-state index contributed by atoms with van der Waals surface area (Å²) < 4.78 is 5.20. The molecule has 2 rings (SSSR count). The Balaban J connectivity index is 0.00000180. The van der Waals surface area contributed by atoms with Gasteiger partial charge in [0.2, 0.25) is 11.8 Å². The van der Waals surface area contributed by atoms with Gasteiger partial charge in [0.05, 0.1) is 19.3 Å². The lowest BCUT2D eigenvalue weighted by Gasteiger charge is -2.29. The molecule has 8 heteroatoms. The maximum absolute atomic E-state index is 12.1. The van der Waals surface area contributed by atoms with Crippen molar-refractivity contribution < 1.29 is 14.3 Å². The Bertz CT molecular complexity index is 320. The second-order valence-corrected chi connectivity index (χ2v) is 5.47. The van der Waals surface area contributed by atoms with Crippen molar-refractivity contribution in [3.05, 3.63) is 0 Å². The number of thioether (sulfide) groups is 1. The van der Waals surface area contributed by atoms with Gasteiger partial charge in [0, 0.05) is 24.7 Å². The third-order valence-corrected chi connectivity index (χ3v) is 4.02. The molecule has 2 heterocycles. The Morgan fingerprint density at radius 3 is 2.68 bits per heavy atom. The van der Waals surface area contributed by atoms with Gasteiger partial charge in [-0.25, -0.2) is 0 Å². The molecule has 2 unspecified atom stereocenters. The molecule has 6 nitrogen and oxygen atoms in total. The van der Waals surface area contributed by atoms with E-state index < -0.39 is 6.04 Å². The second kappa shape index (κ2) is 7.94. The third kappa shape index (κ3) is 4.52. The Morgan fingerprint density at radius 2 is 2.11 bits per heavy atom. The summed E-state index contributed by atoms with van der Waals surface area (Å²) in [5, 5.41) is 5.86. The Labute approximate surface area is 123 Å². The highest BCUT2D eigenvalue weighted by Crippen LogP contribution is 2.09. The van der Waals surface area contributed by atoms with Crippen molar-refractivity contribution in [2.24, 2.45) is 0 Å². The fraction of sp³-hybridized carbons (Fsp3) is 0.818.